The molecule has 2 heteroatoms. The van der Waals surface area contributed by atoms with Gasteiger partial charge in [0.2, 0.25) is 0 Å². The molecule has 0 aromatic heterocycles. The minimum Gasteiger partial charge on any atom is -0.288 e. The van der Waals surface area contributed by atoms with E-state index in [0.29, 0.717) is 6.54 Å². The smallest absolute Gasteiger partial charge is 0.0654 e. The summed E-state index contributed by atoms with van der Waals surface area (Å²) in [5, 5.41) is 3.22. The fourth-order valence-corrected chi connectivity index (χ4v) is 2.43. The van der Waals surface area contributed by atoms with Gasteiger partial charge in [0.1, 0.15) is 0 Å². The highest BCUT2D eigenvalue weighted by molar-refractivity contribution is 6.31. The van der Waals surface area contributed by atoms with Gasteiger partial charge in [0.25, 0.3) is 0 Å². The van der Waals surface area contributed by atoms with Crippen LogP contribution in [0.15, 0.2) is 71.7 Å². The van der Waals surface area contributed by atoms with Gasteiger partial charge in [-0.2, -0.15) is 0 Å². The molecule has 20 heavy (non-hydrogen) atoms. The second kappa shape index (κ2) is 5.89. The quantitative estimate of drug-likeness (QED) is 0.591. The Kier molecular flexibility index (Phi) is 3.80. The summed E-state index contributed by atoms with van der Waals surface area (Å²) in [6, 6.07) is 22.4. The lowest BCUT2D eigenvalue weighted by Crippen LogP contribution is -1.87. The van der Waals surface area contributed by atoms with Crippen LogP contribution in [0.2, 0.25) is 5.02 Å². The summed E-state index contributed by atoms with van der Waals surface area (Å²) in [4.78, 5) is 4.51. The molecule has 3 aromatic rings. The third-order valence-electron chi connectivity index (χ3n) is 3.27. The lowest BCUT2D eigenvalue weighted by Gasteiger charge is -2.02. The van der Waals surface area contributed by atoms with Crippen LogP contribution in [0.25, 0.3) is 10.8 Å². The van der Waals surface area contributed by atoms with E-state index in [4.69, 9.17) is 11.6 Å². The highest BCUT2D eigenvalue weighted by atomic mass is 35.5. The SMILES string of the molecule is Clc1ccccc1CN=Cc1cccc2ccccc12. The molecule has 1 nitrogen and oxygen atoms in total. The molecule has 0 N–H and O–H groups in total. The molecule has 0 amide bonds. The van der Waals surface area contributed by atoms with Crippen LogP contribution < -0.4 is 0 Å². The fourth-order valence-electron chi connectivity index (χ4n) is 2.23. The van der Waals surface area contributed by atoms with Gasteiger partial charge in [0, 0.05) is 16.8 Å². The molecule has 0 saturated heterocycles. The van der Waals surface area contributed by atoms with Gasteiger partial charge in [-0.25, -0.2) is 0 Å². The first-order valence-corrected chi connectivity index (χ1v) is 6.93. The molecule has 3 aromatic carbocycles. The van der Waals surface area contributed by atoms with Crippen LogP contribution in [-0.2, 0) is 6.54 Å². The minimum atomic E-state index is 0.600. The van der Waals surface area contributed by atoms with E-state index in [1.54, 1.807) is 0 Å². The third-order valence-corrected chi connectivity index (χ3v) is 3.64. The Morgan fingerprint density at radius 1 is 0.850 bits per heavy atom. The van der Waals surface area contributed by atoms with Crippen LogP contribution >= 0.6 is 11.6 Å². The predicted octanol–water partition coefficient (Wildman–Crippen LogP) is 5.11. The van der Waals surface area contributed by atoms with Crippen LogP contribution in [0.5, 0.6) is 0 Å². The van der Waals surface area contributed by atoms with Crippen molar-refractivity contribution in [2.75, 3.05) is 0 Å². The highest BCUT2D eigenvalue weighted by Crippen LogP contribution is 2.18. The van der Waals surface area contributed by atoms with Crippen molar-refractivity contribution in [3.05, 3.63) is 82.9 Å². The average Bonchev–Trinajstić information content (AvgIpc) is 2.49. The predicted molar refractivity (Wildman–Crippen MR) is 86.7 cm³/mol. The van der Waals surface area contributed by atoms with Crippen molar-refractivity contribution >= 4 is 28.6 Å². The van der Waals surface area contributed by atoms with E-state index in [9.17, 15) is 0 Å². The van der Waals surface area contributed by atoms with Gasteiger partial charge in [-0.05, 0) is 22.4 Å². The summed E-state index contributed by atoms with van der Waals surface area (Å²) < 4.78 is 0. The number of nitrogens with zero attached hydrogens (tertiary/aromatic N) is 1. The Morgan fingerprint density at radius 3 is 2.50 bits per heavy atom. The van der Waals surface area contributed by atoms with E-state index in [-0.39, 0.29) is 0 Å². The van der Waals surface area contributed by atoms with E-state index >= 15 is 0 Å². The van der Waals surface area contributed by atoms with Crippen molar-refractivity contribution in [1.29, 1.82) is 0 Å². The van der Waals surface area contributed by atoms with Crippen molar-refractivity contribution in [1.82, 2.24) is 0 Å². The standard InChI is InChI=1S/C18H14ClN/c19-18-11-4-2-7-16(18)13-20-12-15-9-5-8-14-6-1-3-10-17(14)15/h1-12H,13H2. The molecular weight excluding hydrogens is 266 g/mol. The van der Waals surface area contributed by atoms with Gasteiger partial charge in [-0.1, -0.05) is 72.3 Å². The number of benzene rings is 3. The summed E-state index contributed by atoms with van der Waals surface area (Å²) in [5.41, 5.74) is 2.18. The highest BCUT2D eigenvalue weighted by Gasteiger charge is 1.98. The van der Waals surface area contributed by atoms with Crippen molar-refractivity contribution in [2.24, 2.45) is 4.99 Å². The van der Waals surface area contributed by atoms with Gasteiger partial charge < -0.3 is 0 Å². The van der Waals surface area contributed by atoms with Crippen molar-refractivity contribution in [2.45, 2.75) is 6.54 Å². The lowest BCUT2D eigenvalue weighted by atomic mass is 10.1. The number of rotatable bonds is 3. The first-order chi connectivity index (χ1) is 9.84. The molecule has 0 radical (unpaired) electrons. The van der Waals surface area contributed by atoms with Crippen LogP contribution in [0.3, 0.4) is 0 Å². The van der Waals surface area contributed by atoms with Gasteiger partial charge in [-0.3, -0.25) is 4.99 Å². The zero-order valence-electron chi connectivity index (χ0n) is 11.0. The maximum Gasteiger partial charge on any atom is 0.0654 e. The van der Waals surface area contributed by atoms with Crippen LogP contribution in [0.4, 0.5) is 0 Å². The Labute approximate surface area is 123 Å². The maximum absolute atomic E-state index is 6.13. The first-order valence-electron chi connectivity index (χ1n) is 6.55. The monoisotopic (exact) mass is 279 g/mol. The molecular formula is C18H14ClN. The summed E-state index contributed by atoms with van der Waals surface area (Å²) >= 11 is 6.13. The molecule has 0 unspecified atom stereocenters. The summed E-state index contributed by atoms with van der Waals surface area (Å²) in [6.07, 6.45) is 1.92. The van der Waals surface area contributed by atoms with Gasteiger partial charge in [0.05, 0.1) is 6.54 Å². The minimum absolute atomic E-state index is 0.600. The van der Waals surface area contributed by atoms with Crippen molar-refractivity contribution < 1.29 is 0 Å². The number of hydrogen-bond donors (Lipinski definition) is 0. The number of aliphatic imine (C=N–C) groups is 1. The molecule has 0 aliphatic carbocycles. The fraction of sp³-hybridized carbons (Fsp3) is 0.0556. The number of fused-ring (bicyclic) bond motifs is 1. The Morgan fingerprint density at radius 2 is 1.60 bits per heavy atom. The Bertz CT molecular complexity index is 757. The summed E-state index contributed by atoms with van der Waals surface area (Å²) in [5.74, 6) is 0. The second-order valence-electron chi connectivity index (χ2n) is 4.63. The molecule has 0 fully saturated rings. The molecule has 98 valence electrons. The largest absolute Gasteiger partial charge is 0.288 e. The summed E-state index contributed by atoms with van der Waals surface area (Å²) in [6.45, 7) is 0.600. The molecule has 0 aliphatic heterocycles. The van der Waals surface area contributed by atoms with E-state index in [1.165, 1.54) is 10.8 Å². The molecule has 0 bridgehead atoms. The maximum atomic E-state index is 6.13. The van der Waals surface area contributed by atoms with Gasteiger partial charge >= 0.3 is 0 Å². The van der Waals surface area contributed by atoms with Gasteiger partial charge in [-0.15, -0.1) is 0 Å². The van der Waals surface area contributed by atoms with Crippen LogP contribution in [0.1, 0.15) is 11.1 Å². The third kappa shape index (κ3) is 2.73. The Balaban J connectivity index is 1.86. The molecule has 0 aliphatic rings. The zero-order valence-corrected chi connectivity index (χ0v) is 11.7. The van der Waals surface area contributed by atoms with Gasteiger partial charge in [0.15, 0.2) is 0 Å². The van der Waals surface area contributed by atoms with Crippen LogP contribution in [0, 0.1) is 0 Å². The topological polar surface area (TPSA) is 12.4 Å². The van der Waals surface area contributed by atoms with Crippen molar-refractivity contribution in [3.63, 3.8) is 0 Å². The molecule has 0 heterocycles. The molecule has 0 saturated carbocycles. The van der Waals surface area contributed by atoms with E-state index in [2.05, 4.69) is 35.3 Å². The molecule has 0 atom stereocenters. The Hall–Kier alpha value is -2.12. The number of hydrogen-bond acceptors (Lipinski definition) is 1. The lowest BCUT2D eigenvalue weighted by molar-refractivity contribution is 1.08. The summed E-state index contributed by atoms with van der Waals surface area (Å²) in [7, 11) is 0. The first kappa shape index (κ1) is 12.9. The second-order valence-corrected chi connectivity index (χ2v) is 5.04. The van der Waals surface area contributed by atoms with E-state index < -0.39 is 0 Å². The average molecular weight is 280 g/mol. The van der Waals surface area contributed by atoms with E-state index in [1.807, 2.05) is 42.6 Å². The zero-order chi connectivity index (χ0) is 13.8. The molecule has 0 spiro atoms. The normalized spacial score (nSPS) is 11.2. The molecule has 3 rings (SSSR count). The van der Waals surface area contributed by atoms with Crippen molar-refractivity contribution in [3.8, 4) is 0 Å². The number of halogens is 1. The van der Waals surface area contributed by atoms with E-state index in [0.717, 1.165) is 16.1 Å². The van der Waals surface area contributed by atoms with Crippen LogP contribution in [-0.4, -0.2) is 6.21 Å².